The van der Waals surface area contributed by atoms with Crippen LogP contribution in [0, 0.1) is 0 Å². The van der Waals surface area contributed by atoms with Crippen LogP contribution in [0.1, 0.15) is 60.7 Å². The van der Waals surface area contributed by atoms with Crippen LogP contribution in [0.15, 0.2) is 30.5 Å². The Balaban J connectivity index is 1.29. The lowest BCUT2D eigenvalue weighted by atomic mass is 10.0. The number of rotatable bonds is 5. The van der Waals surface area contributed by atoms with Crippen molar-refractivity contribution in [1.82, 2.24) is 29.6 Å². The van der Waals surface area contributed by atoms with Crippen molar-refractivity contribution < 1.29 is 19.4 Å². The molecule has 2 aliphatic rings. The van der Waals surface area contributed by atoms with E-state index in [0.717, 1.165) is 29.8 Å². The molecular weight excluding hydrogens is 462 g/mol. The molecule has 0 aromatic carbocycles. The molecule has 0 saturated heterocycles. The van der Waals surface area contributed by atoms with Crippen molar-refractivity contribution in [3.8, 4) is 11.5 Å². The number of aromatic nitrogens is 5. The number of fused-ring (bicyclic) bond motifs is 2. The van der Waals surface area contributed by atoms with Gasteiger partial charge in [-0.1, -0.05) is 6.07 Å². The lowest BCUT2D eigenvalue weighted by molar-refractivity contribution is -0.00487. The Morgan fingerprint density at radius 3 is 2.86 bits per heavy atom. The normalized spacial score (nSPS) is 16.9. The van der Waals surface area contributed by atoms with E-state index in [2.05, 4.69) is 37.0 Å². The molecule has 0 spiro atoms. The lowest BCUT2D eigenvalue weighted by Crippen LogP contribution is -2.39. The summed E-state index contributed by atoms with van der Waals surface area (Å²) in [6.07, 6.45) is 3.69. The zero-order valence-corrected chi connectivity index (χ0v) is 20.6. The number of carbonyl (C=O) groups is 2. The van der Waals surface area contributed by atoms with Crippen molar-refractivity contribution in [1.29, 1.82) is 0 Å². The zero-order chi connectivity index (χ0) is 25.4. The van der Waals surface area contributed by atoms with Crippen LogP contribution in [0.25, 0.3) is 11.5 Å². The number of carbonyl (C=O) groups excluding carboxylic acids is 2. The minimum atomic E-state index is -1.10. The first kappa shape index (κ1) is 23.9. The summed E-state index contributed by atoms with van der Waals surface area (Å²) in [6, 6.07) is 7.37. The monoisotopic (exact) mass is 491 g/mol. The van der Waals surface area contributed by atoms with Crippen molar-refractivity contribution >= 4 is 17.8 Å². The predicted octanol–water partition coefficient (Wildman–Crippen LogP) is 2.76. The van der Waals surface area contributed by atoms with Gasteiger partial charge in [-0.15, -0.1) is 10.2 Å². The number of aliphatic hydroxyl groups is 1. The van der Waals surface area contributed by atoms with Crippen molar-refractivity contribution in [3.05, 3.63) is 53.1 Å². The Bertz CT molecular complexity index is 1310. The largest absolute Gasteiger partial charge is 0.446 e. The Hall–Kier alpha value is -3.86. The SMILES string of the molecule is C[C@@H]1CCc2nnc(-c3cccc(NC(=O)c4cc5c(cn4)CCN(C(=O)OCC(C)(C)O)C5)n3)n21. The third-order valence-electron chi connectivity index (χ3n) is 6.35. The Labute approximate surface area is 208 Å². The first-order valence-corrected chi connectivity index (χ1v) is 12.0. The Kier molecular flexibility index (Phi) is 6.17. The quantitative estimate of drug-likeness (QED) is 0.556. The number of nitrogens with one attached hydrogen (secondary N) is 1. The number of ether oxygens (including phenoxy) is 1. The topological polar surface area (TPSA) is 135 Å². The maximum atomic E-state index is 13.0. The smallest absolute Gasteiger partial charge is 0.410 e. The van der Waals surface area contributed by atoms with Gasteiger partial charge in [0.05, 0.1) is 5.60 Å². The molecule has 11 nitrogen and oxygen atoms in total. The van der Waals surface area contributed by atoms with E-state index in [4.69, 9.17) is 4.74 Å². The number of hydrogen-bond acceptors (Lipinski definition) is 8. The summed E-state index contributed by atoms with van der Waals surface area (Å²) >= 11 is 0. The fourth-order valence-electron chi connectivity index (χ4n) is 4.46. The summed E-state index contributed by atoms with van der Waals surface area (Å²) in [7, 11) is 0. The average Bonchev–Trinajstić information content (AvgIpc) is 3.44. The first-order chi connectivity index (χ1) is 17.2. The standard InChI is InChI=1S/C25H29N7O4/c1-15-7-8-21-29-30-22(32(15)21)18-5-4-6-20(27-18)28-23(33)19-11-17-13-31(10-9-16(17)12-26-19)24(34)36-14-25(2,3)35/h4-6,11-12,15,35H,7-10,13-14H2,1-3H3,(H,27,28,33)/t15-/m1/s1. The number of nitrogens with zero attached hydrogens (tertiary/aromatic N) is 6. The summed E-state index contributed by atoms with van der Waals surface area (Å²) in [5, 5.41) is 21.2. The minimum Gasteiger partial charge on any atom is -0.446 e. The fourth-order valence-corrected chi connectivity index (χ4v) is 4.46. The van der Waals surface area contributed by atoms with Gasteiger partial charge < -0.3 is 24.6 Å². The first-order valence-electron chi connectivity index (χ1n) is 12.0. The molecule has 0 bridgehead atoms. The van der Waals surface area contributed by atoms with Crippen molar-refractivity contribution in [2.75, 3.05) is 18.5 Å². The Morgan fingerprint density at radius 1 is 1.22 bits per heavy atom. The van der Waals surface area contributed by atoms with E-state index in [0.29, 0.717) is 42.9 Å². The van der Waals surface area contributed by atoms with Crippen LogP contribution in [0.3, 0.4) is 0 Å². The second kappa shape index (κ2) is 9.30. The molecule has 3 aromatic heterocycles. The molecule has 0 saturated carbocycles. The molecule has 0 aliphatic carbocycles. The number of aryl methyl sites for hydroxylation is 1. The van der Waals surface area contributed by atoms with E-state index in [1.807, 2.05) is 12.1 Å². The second-order valence-corrected chi connectivity index (χ2v) is 9.94. The molecule has 2 N–H and O–H groups in total. The third-order valence-corrected chi connectivity index (χ3v) is 6.35. The van der Waals surface area contributed by atoms with E-state index < -0.39 is 17.6 Å². The number of anilines is 1. The Morgan fingerprint density at radius 2 is 2.06 bits per heavy atom. The van der Waals surface area contributed by atoms with E-state index in [9.17, 15) is 14.7 Å². The number of pyridine rings is 2. The van der Waals surface area contributed by atoms with Crippen LogP contribution in [-0.2, 0) is 24.1 Å². The van der Waals surface area contributed by atoms with Gasteiger partial charge in [0.15, 0.2) is 5.82 Å². The summed E-state index contributed by atoms with van der Waals surface area (Å²) in [6.45, 7) is 5.96. The van der Waals surface area contributed by atoms with Crippen LogP contribution in [0.4, 0.5) is 10.6 Å². The molecule has 2 amide bonds. The zero-order valence-electron chi connectivity index (χ0n) is 20.6. The van der Waals surface area contributed by atoms with Crippen molar-refractivity contribution in [2.24, 2.45) is 0 Å². The molecule has 0 fully saturated rings. The van der Waals surface area contributed by atoms with Gasteiger partial charge in [0, 0.05) is 31.7 Å². The van der Waals surface area contributed by atoms with Gasteiger partial charge in [-0.25, -0.2) is 9.78 Å². The van der Waals surface area contributed by atoms with E-state index >= 15 is 0 Å². The van der Waals surface area contributed by atoms with Gasteiger partial charge in [0.1, 0.15) is 29.6 Å². The molecule has 5 rings (SSSR count). The number of hydrogen-bond donors (Lipinski definition) is 2. The molecule has 0 radical (unpaired) electrons. The maximum Gasteiger partial charge on any atom is 0.410 e. The number of amides is 2. The third kappa shape index (κ3) is 4.92. The highest BCUT2D eigenvalue weighted by atomic mass is 16.6. The predicted molar refractivity (Wildman–Crippen MR) is 130 cm³/mol. The molecule has 2 aliphatic heterocycles. The van der Waals surface area contributed by atoms with Crippen LogP contribution in [0.5, 0.6) is 0 Å². The lowest BCUT2D eigenvalue weighted by Gasteiger charge is -2.29. The van der Waals surface area contributed by atoms with E-state index in [1.54, 1.807) is 37.1 Å². The van der Waals surface area contributed by atoms with Gasteiger partial charge in [-0.05, 0) is 62.9 Å². The van der Waals surface area contributed by atoms with Gasteiger partial charge in [-0.2, -0.15) is 0 Å². The molecule has 1 atom stereocenters. The highest BCUT2D eigenvalue weighted by Gasteiger charge is 2.27. The van der Waals surface area contributed by atoms with Crippen LogP contribution in [0.2, 0.25) is 0 Å². The van der Waals surface area contributed by atoms with Gasteiger partial charge >= 0.3 is 6.09 Å². The van der Waals surface area contributed by atoms with Crippen molar-refractivity contribution in [2.45, 2.75) is 58.2 Å². The molecule has 36 heavy (non-hydrogen) atoms. The van der Waals surface area contributed by atoms with Crippen LogP contribution >= 0.6 is 0 Å². The highest BCUT2D eigenvalue weighted by molar-refractivity contribution is 6.02. The summed E-state index contributed by atoms with van der Waals surface area (Å²) in [5.41, 5.74) is 1.57. The second-order valence-electron chi connectivity index (χ2n) is 9.94. The van der Waals surface area contributed by atoms with Crippen molar-refractivity contribution in [3.63, 3.8) is 0 Å². The highest BCUT2D eigenvalue weighted by Crippen LogP contribution is 2.30. The summed E-state index contributed by atoms with van der Waals surface area (Å²) in [5.74, 6) is 1.63. The molecule has 188 valence electrons. The molecule has 11 heteroatoms. The van der Waals surface area contributed by atoms with Gasteiger partial charge in [0.25, 0.3) is 5.91 Å². The minimum absolute atomic E-state index is 0.0954. The van der Waals surface area contributed by atoms with Gasteiger partial charge in [-0.3, -0.25) is 9.78 Å². The van der Waals surface area contributed by atoms with Crippen LogP contribution < -0.4 is 5.32 Å². The molecule has 0 unspecified atom stereocenters. The summed E-state index contributed by atoms with van der Waals surface area (Å²) < 4.78 is 7.31. The fraction of sp³-hybridized carbons (Fsp3) is 0.440. The van der Waals surface area contributed by atoms with Crippen LogP contribution in [-0.4, -0.2) is 65.5 Å². The van der Waals surface area contributed by atoms with E-state index in [1.165, 1.54) is 0 Å². The van der Waals surface area contributed by atoms with Gasteiger partial charge in [0.2, 0.25) is 0 Å². The summed E-state index contributed by atoms with van der Waals surface area (Å²) in [4.78, 5) is 35.9. The molecule has 5 heterocycles. The van der Waals surface area contributed by atoms with E-state index in [-0.39, 0.29) is 12.3 Å². The maximum absolute atomic E-state index is 13.0. The average molecular weight is 492 g/mol. The molecular formula is C25H29N7O4. The molecule has 3 aromatic rings.